The quantitative estimate of drug-likeness (QED) is 0.717. The lowest BCUT2D eigenvalue weighted by atomic mass is 10.1. The van der Waals surface area contributed by atoms with Crippen molar-refractivity contribution in [1.82, 2.24) is 10.2 Å². The van der Waals surface area contributed by atoms with Gasteiger partial charge in [0.1, 0.15) is 0 Å². The standard InChI is InChI=1S/C13H26N2/c1-5-6-9-15-10-7-8-12(15)11-14-13(2,3)4/h5-6,12,14H,7-11H2,1-4H3/b6-5+. The lowest BCUT2D eigenvalue weighted by Crippen LogP contribution is -2.45. The van der Waals surface area contributed by atoms with Crippen molar-refractivity contribution in [2.45, 2.75) is 52.1 Å². The van der Waals surface area contributed by atoms with Crippen molar-refractivity contribution in [3.63, 3.8) is 0 Å². The monoisotopic (exact) mass is 210 g/mol. The van der Waals surface area contributed by atoms with E-state index in [0.717, 1.165) is 19.1 Å². The molecule has 1 N–H and O–H groups in total. The highest BCUT2D eigenvalue weighted by Crippen LogP contribution is 2.16. The molecule has 0 bridgehead atoms. The van der Waals surface area contributed by atoms with Gasteiger partial charge in [-0.2, -0.15) is 0 Å². The van der Waals surface area contributed by atoms with Gasteiger partial charge in [-0.1, -0.05) is 12.2 Å². The maximum atomic E-state index is 3.60. The molecule has 1 atom stereocenters. The van der Waals surface area contributed by atoms with Gasteiger partial charge in [0.2, 0.25) is 0 Å². The molecule has 1 fully saturated rings. The molecule has 0 aromatic carbocycles. The molecule has 0 spiro atoms. The van der Waals surface area contributed by atoms with Crippen LogP contribution in [-0.4, -0.2) is 36.1 Å². The van der Waals surface area contributed by atoms with E-state index in [4.69, 9.17) is 0 Å². The molecule has 0 radical (unpaired) electrons. The molecule has 88 valence electrons. The van der Waals surface area contributed by atoms with Crippen molar-refractivity contribution < 1.29 is 0 Å². The van der Waals surface area contributed by atoms with Gasteiger partial charge in [-0.05, 0) is 47.1 Å². The molecular formula is C13H26N2. The van der Waals surface area contributed by atoms with Crippen LogP contribution < -0.4 is 5.32 Å². The van der Waals surface area contributed by atoms with Crippen LogP contribution >= 0.6 is 0 Å². The molecule has 0 amide bonds. The largest absolute Gasteiger partial charge is 0.311 e. The van der Waals surface area contributed by atoms with Gasteiger partial charge < -0.3 is 5.32 Å². The Morgan fingerprint density at radius 3 is 2.73 bits per heavy atom. The molecular weight excluding hydrogens is 184 g/mol. The van der Waals surface area contributed by atoms with E-state index < -0.39 is 0 Å². The minimum Gasteiger partial charge on any atom is -0.311 e. The summed E-state index contributed by atoms with van der Waals surface area (Å²) in [6.07, 6.45) is 7.11. The fourth-order valence-electron chi connectivity index (χ4n) is 2.03. The molecule has 1 rings (SSSR count). The van der Waals surface area contributed by atoms with E-state index in [1.54, 1.807) is 0 Å². The third kappa shape index (κ3) is 4.80. The van der Waals surface area contributed by atoms with E-state index in [0.29, 0.717) is 0 Å². The van der Waals surface area contributed by atoms with Gasteiger partial charge in [0.05, 0.1) is 0 Å². The van der Waals surface area contributed by atoms with Crippen LogP contribution in [0.1, 0.15) is 40.5 Å². The van der Waals surface area contributed by atoms with E-state index in [9.17, 15) is 0 Å². The normalized spacial score (nSPS) is 24.1. The third-order valence-electron chi connectivity index (χ3n) is 2.94. The summed E-state index contributed by atoms with van der Waals surface area (Å²) in [5.41, 5.74) is 0.245. The molecule has 0 saturated carbocycles. The topological polar surface area (TPSA) is 15.3 Å². The first-order chi connectivity index (χ1) is 7.03. The second-order valence-corrected chi connectivity index (χ2v) is 5.49. The summed E-state index contributed by atoms with van der Waals surface area (Å²) >= 11 is 0. The highest BCUT2D eigenvalue weighted by molar-refractivity contribution is 4.89. The fourth-order valence-corrected chi connectivity index (χ4v) is 2.03. The number of hydrogen-bond acceptors (Lipinski definition) is 2. The van der Waals surface area contributed by atoms with Crippen LogP contribution in [-0.2, 0) is 0 Å². The Hall–Kier alpha value is -0.340. The Balaban J connectivity index is 2.33. The van der Waals surface area contributed by atoms with Crippen LogP contribution in [0.4, 0.5) is 0 Å². The van der Waals surface area contributed by atoms with Crippen LogP contribution in [0.3, 0.4) is 0 Å². The van der Waals surface area contributed by atoms with Gasteiger partial charge >= 0.3 is 0 Å². The zero-order valence-corrected chi connectivity index (χ0v) is 10.7. The van der Waals surface area contributed by atoms with Gasteiger partial charge in [-0.25, -0.2) is 0 Å². The SMILES string of the molecule is C/C=C/CN1CCCC1CNC(C)(C)C. The molecule has 2 heteroatoms. The first kappa shape index (κ1) is 12.7. The number of nitrogens with zero attached hydrogens (tertiary/aromatic N) is 1. The molecule has 2 nitrogen and oxygen atoms in total. The Morgan fingerprint density at radius 2 is 2.13 bits per heavy atom. The van der Waals surface area contributed by atoms with Gasteiger partial charge in [0.15, 0.2) is 0 Å². The molecule has 0 aliphatic carbocycles. The lowest BCUT2D eigenvalue weighted by Gasteiger charge is -2.28. The van der Waals surface area contributed by atoms with Crippen LogP contribution in [0.2, 0.25) is 0 Å². The van der Waals surface area contributed by atoms with E-state index in [-0.39, 0.29) is 5.54 Å². The number of hydrogen-bond donors (Lipinski definition) is 1. The number of rotatable bonds is 4. The maximum Gasteiger partial charge on any atom is 0.0224 e. The van der Waals surface area contributed by atoms with Crippen molar-refractivity contribution >= 4 is 0 Å². The molecule has 1 aliphatic rings. The predicted molar refractivity (Wildman–Crippen MR) is 67.2 cm³/mol. The molecule has 0 aromatic rings. The van der Waals surface area contributed by atoms with E-state index in [1.165, 1.54) is 19.4 Å². The van der Waals surface area contributed by atoms with Gasteiger partial charge in [-0.3, -0.25) is 4.90 Å². The molecule has 15 heavy (non-hydrogen) atoms. The lowest BCUT2D eigenvalue weighted by molar-refractivity contribution is 0.254. The van der Waals surface area contributed by atoms with Gasteiger partial charge in [0, 0.05) is 24.7 Å². The summed E-state index contributed by atoms with van der Waals surface area (Å²) in [5.74, 6) is 0. The number of allylic oxidation sites excluding steroid dienone is 1. The highest BCUT2D eigenvalue weighted by Gasteiger charge is 2.24. The molecule has 1 aliphatic heterocycles. The average Bonchev–Trinajstić information content (AvgIpc) is 2.57. The third-order valence-corrected chi connectivity index (χ3v) is 2.94. The fraction of sp³-hybridized carbons (Fsp3) is 0.846. The second kappa shape index (κ2) is 5.66. The smallest absolute Gasteiger partial charge is 0.0224 e. The maximum absolute atomic E-state index is 3.60. The molecule has 1 unspecified atom stereocenters. The summed E-state index contributed by atoms with van der Waals surface area (Å²) < 4.78 is 0. The minimum absolute atomic E-state index is 0.245. The summed E-state index contributed by atoms with van der Waals surface area (Å²) in [4.78, 5) is 2.58. The number of nitrogens with one attached hydrogen (secondary N) is 1. The van der Waals surface area contributed by atoms with Crippen molar-refractivity contribution in [2.75, 3.05) is 19.6 Å². The van der Waals surface area contributed by atoms with Crippen molar-refractivity contribution in [3.05, 3.63) is 12.2 Å². The number of likely N-dealkylation sites (tertiary alicyclic amines) is 1. The summed E-state index contributed by atoms with van der Waals surface area (Å²) in [7, 11) is 0. The Kier molecular flexibility index (Phi) is 4.81. The van der Waals surface area contributed by atoms with Crippen LogP contribution in [0.25, 0.3) is 0 Å². The molecule has 1 heterocycles. The van der Waals surface area contributed by atoms with Crippen LogP contribution in [0.5, 0.6) is 0 Å². The first-order valence-corrected chi connectivity index (χ1v) is 6.13. The average molecular weight is 210 g/mol. The zero-order chi connectivity index (χ0) is 11.3. The first-order valence-electron chi connectivity index (χ1n) is 6.13. The van der Waals surface area contributed by atoms with Crippen molar-refractivity contribution in [3.8, 4) is 0 Å². The molecule has 1 saturated heterocycles. The Labute approximate surface area is 94.7 Å². The van der Waals surface area contributed by atoms with Crippen molar-refractivity contribution in [1.29, 1.82) is 0 Å². The van der Waals surface area contributed by atoms with Crippen molar-refractivity contribution in [2.24, 2.45) is 0 Å². The predicted octanol–water partition coefficient (Wildman–Crippen LogP) is 2.42. The van der Waals surface area contributed by atoms with Gasteiger partial charge in [0.25, 0.3) is 0 Å². The van der Waals surface area contributed by atoms with Gasteiger partial charge in [-0.15, -0.1) is 0 Å². The molecule has 0 aromatic heterocycles. The van der Waals surface area contributed by atoms with Crippen LogP contribution in [0, 0.1) is 0 Å². The summed E-state index contributed by atoms with van der Waals surface area (Å²) in [6.45, 7) is 12.3. The minimum atomic E-state index is 0.245. The summed E-state index contributed by atoms with van der Waals surface area (Å²) in [5, 5.41) is 3.60. The Morgan fingerprint density at radius 1 is 1.40 bits per heavy atom. The second-order valence-electron chi connectivity index (χ2n) is 5.49. The van der Waals surface area contributed by atoms with E-state index in [1.807, 2.05) is 0 Å². The zero-order valence-electron chi connectivity index (χ0n) is 10.7. The highest BCUT2D eigenvalue weighted by atomic mass is 15.2. The Bertz CT molecular complexity index is 203. The van der Waals surface area contributed by atoms with Crippen LogP contribution in [0.15, 0.2) is 12.2 Å². The van der Waals surface area contributed by atoms with E-state index >= 15 is 0 Å². The van der Waals surface area contributed by atoms with E-state index in [2.05, 4.69) is 50.1 Å². The summed E-state index contributed by atoms with van der Waals surface area (Å²) in [6, 6.07) is 0.737.